The second kappa shape index (κ2) is 5.59. The molecule has 90 valence electrons. The van der Waals surface area contributed by atoms with Crippen LogP contribution >= 0.6 is 0 Å². The molecule has 0 spiro atoms. The molecule has 0 fully saturated rings. The Morgan fingerprint density at radius 3 is 2.59 bits per heavy atom. The predicted molar refractivity (Wildman–Crippen MR) is 58.8 cm³/mol. The number of esters is 2. The average molecular weight is 237 g/mol. The third-order valence-corrected chi connectivity index (χ3v) is 1.88. The molecule has 0 aliphatic rings. The molecule has 0 unspecified atom stereocenters. The molecule has 0 aliphatic heterocycles. The van der Waals surface area contributed by atoms with E-state index in [1.165, 1.54) is 20.3 Å². The monoisotopic (exact) mass is 237 g/mol. The summed E-state index contributed by atoms with van der Waals surface area (Å²) in [5, 5.41) is 0. The molecule has 0 saturated heterocycles. The number of rotatable bonds is 3. The lowest BCUT2D eigenvalue weighted by atomic mass is 10.2. The zero-order valence-electron chi connectivity index (χ0n) is 9.34. The van der Waals surface area contributed by atoms with Crippen molar-refractivity contribution in [1.82, 2.24) is 9.97 Å². The fourth-order valence-electron chi connectivity index (χ4n) is 1.05. The lowest BCUT2D eigenvalue weighted by molar-refractivity contribution is -0.134. The molecule has 0 bridgehead atoms. The van der Waals surface area contributed by atoms with E-state index in [0.717, 1.165) is 12.4 Å². The number of hydrogen-bond donors (Lipinski definition) is 1. The lowest BCUT2D eigenvalue weighted by Gasteiger charge is -2.04. The number of carbonyl (C=O) groups is 2. The lowest BCUT2D eigenvalue weighted by Crippen LogP contribution is -2.10. The van der Waals surface area contributed by atoms with Gasteiger partial charge in [-0.25, -0.2) is 19.6 Å². The number of carbonyl (C=O) groups excluding carboxylic acids is 2. The molecular formula is C10H11N3O4. The first-order chi connectivity index (χ1) is 8.10. The van der Waals surface area contributed by atoms with Crippen molar-refractivity contribution >= 4 is 23.8 Å². The van der Waals surface area contributed by atoms with Gasteiger partial charge in [-0.3, -0.25) is 0 Å². The quantitative estimate of drug-likeness (QED) is 0.584. The summed E-state index contributed by atoms with van der Waals surface area (Å²) >= 11 is 0. The fraction of sp³-hybridized carbons (Fsp3) is 0.200. The Morgan fingerprint density at radius 2 is 2.00 bits per heavy atom. The third kappa shape index (κ3) is 3.00. The maximum atomic E-state index is 11.4. The predicted octanol–water partition coefficient (Wildman–Crippen LogP) is 0.0316. The molecule has 1 rings (SSSR count). The van der Waals surface area contributed by atoms with Crippen molar-refractivity contribution in [2.75, 3.05) is 20.0 Å². The number of hydrogen-bond acceptors (Lipinski definition) is 7. The molecule has 0 radical (unpaired) electrons. The van der Waals surface area contributed by atoms with E-state index >= 15 is 0 Å². The second-order valence-electron chi connectivity index (χ2n) is 2.87. The molecule has 2 N–H and O–H groups in total. The number of ether oxygens (including phenoxy) is 2. The molecule has 0 aliphatic carbocycles. The van der Waals surface area contributed by atoms with E-state index in [4.69, 9.17) is 5.73 Å². The number of methoxy groups -OCH3 is 2. The zero-order valence-corrected chi connectivity index (χ0v) is 9.34. The Bertz CT molecular complexity index is 471. The van der Waals surface area contributed by atoms with Gasteiger partial charge in [0.25, 0.3) is 0 Å². The highest BCUT2D eigenvalue weighted by Gasteiger charge is 2.15. The van der Waals surface area contributed by atoms with E-state index in [-0.39, 0.29) is 17.1 Å². The van der Waals surface area contributed by atoms with Crippen molar-refractivity contribution in [3.63, 3.8) is 0 Å². The topological polar surface area (TPSA) is 104 Å². The van der Waals surface area contributed by atoms with E-state index in [1.54, 1.807) is 0 Å². The van der Waals surface area contributed by atoms with Crippen LogP contribution in [0.4, 0.5) is 5.82 Å². The molecule has 7 heteroatoms. The van der Waals surface area contributed by atoms with E-state index in [0.29, 0.717) is 0 Å². The van der Waals surface area contributed by atoms with Gasteiger partial charge in [-0.15, -0.1) is 0 Å². The highest BCUT2D eigenvalue weighted by atomic mass is 16.5. The van der Waals surface area contributed by atoms with E-state index in [9.17, 15) is 9.59 Å². The summed E-state index contributed by atoms with van der Waals surface area (Å²) in [6.45, 7) is 0. The van der Waals surface area contributed by atoms with Gasteiger partial charge in [0.1, 0.15) is 12.1 Å². The van der Waals surface area contributed by atoms with Crippen molar-refractivity contribution in [3.05, 3.63) is 23.7 Å². The van der Waals surface area contributed by atoms with Crippen molar-refractivity contribution in [3.8, 4) is 0 Å². The van der Waals surface area contributed by atoms with Gasteiger partial charge in [0, 0.05) is 6.08 Å². The molecule has 17 heavy (non-hydrogen) atoms. The first-order valence-electron chi connectivity index (χ1n) is 4.55. The van der Waals surface area contributed by atoms with Crippen LogP contribution in [0.3, 0.4) is 0 Å². The highest BCUT2D eigenvalue weighted by molar-refractivity contribution is 5.96. The van der Waals surface area contributed by atoms with Crippen LogP contribution in [-0.2, 0) is 14.3 Å². The minimum Gasteiger partial charge on any atom is -0.466 e. The second-order valence-corrected chi connectivity index (χ2v) is 2.87. The van der Waals surface area contributed by atoms with E-state index < -0.39 is 11.9 Å². The van der Waals surface area contributed by atoms with E-state index in [2.05, 4.69) is 19.4 Å². The molecule has 0 amide bonds. The van der Waals surface area contributed by atoms with Gasteiger partial charge in [-0.05, 0) is 6.08 Å². The SMILES string of the molecule is COC(=O)/C=C/c1c(N)ncnc1C(=O)OC. The van der Waals surface area contributed by atoms with Gasteiger partial charge in [-0.1, -0.05) is 0 Å². The molecule has 1 heterocycles. The number of anilines is 1. The Balaban J connectivity index is 3.16. The Morgan fingerprint density at radius 1 is 1.29 bits per heavy atom. The van der Waals surface area contributed by atoms with Crippen molar-refractivity contribution in [2.45, 2.75) is 0 Å². The number of nitrogen functional groups attached to an aromatic ring is 1. The highest BCUT2D eigenvalue weighted by Crippen LogP contribution is 2.15. The summed E-state index contributed by atoms with van der Waals surface area (Å²) in [5.74, 6) is -1.17. The smallest absolute Gasteiger partial charge is 0.357 e. The van der Waals surface area contributed by atoms with Crippen LogP contribution in [0.25, 0.3) is 6.08 Å². The molecule has 0 saturated carbocycles. The van der Waals surface area contributed by atoms with Crippen LogP contribution in [0.5, 0.6) is 0 Å². The third-order valence-electron chi connectivity index (χ3n) is 1.88. The average Bonchev–Trinajstić information content (AvgIpc) is 2.35. The fourth-order valence-corrected chi connectivity index (χ4v) is 1.05. The van der Waals surface area contributed by atoms with Crippen molar-refractivity contribution in [2.24, 2.45) is 0 Å². The molecular weight excluding hydrogens is 226 g/mol. The maximum absolute atomic E-state index is 11.4. The minimum atomic E-state index is -0.663. The summed E-state index contributed by atoms with van der Waals surface area (Å²) in [4.78, 5) is 29.8. The standard InChI is InChI=1S/C10H11N3O4/c1-16-7(14)4-3-6-8(10(15)17-2)12-5-13-9(6)11/h3-5H,1-2H3,(H2,11,12,13)/b4-3+. The minimum absolute atomic E-state index is 0.0137. The Labute approximate surface area is 97.3 Å². The van der Waals surface area contributed by atoms with Crippen LogP contribution < -0.4 is 5.73 Å². The van der Waals surface area contributed by atoms with Gasteiger partial charge in [-0.2, -0.15) is 0 Å². The molecule has 0 aromatic carbocycles. The zero-order chi connectivity index (χ0) is 12.8. The number of nitrogens with zero attached hydrogens (tertiary/aromatic N) is 2. The van der Waals surface area contributed by atoms with Gasteiger partial charge < -0.3 is 15.2 Å². The van der Waals surface area contributed by atoms with Crippen molar-refractivity contribution in [1.29, 1.82) is 0 Å². The first kappa shape index (κ1) is 12.6. The van der Waals surface area contributed by atoms with Crippen LogP contribution in [-0.4, -0.2) is 36.1 Å². The summed E-state index contributed by atoms with van der Waals surface area (Å²) in [6.07, 6.45) is 3.55. The Hall–Kier alpha value is -2.44. The van der Waals surface area contributed by atoms with Crippen molar-refractivity contribution < 1.29 is 19.1 Å². The van der Waals surface area contributed by atoms with Gasteiger partial charge >= 0.3 is 11.9 Å². The molecule has 0 atom stereocenters. The summed E-state index contributed by atoms with van der Waals surface area (Å²) in [6, 6.07) is 0. The number of aromatic nitrogens is 2. The van der Waals surface area contributed by atoms with E-state index in [1.807, 2.05) is 0 Å². The van der Waals surface area contributed by atoms with Crippen LogP contribution in [0.15, 0.2) is 12.4 Å². The first-order valence-corrected chi connectivity index (χ1v) is 4.55. The summed E-state index contributed by atoms with van der Waals surface area (Å²) in [7, 11) is 2.45. The van der Waals surface area contributed by atoms with Crippen LogP contribution in [0, 0.1) is 0 Å². The molecule has 1 aromatic rings. The molecule has 7 nitrogen and oxygen atoms in total. The largest absolute Gasteiger partial charge is 0.466 e. The number of nitrogens with two attached hydrogens (primary N) is 1. The Kier molecular flexibility index (Phi) is 4.15. The summed E-state index contributed by atoms with van der Waals surface area (Å²) in [5.41, 5.74) is 5.78. The van der Waals surface area contributed by atoms with Crippen LogP contribution in [0.2, 0.25) is 0 Å². The molecule has 1 aromatic heterocycles. The maximum Gasteiger partial charge on any atom is 0.357 e. The van der Waals surface area contributed by atoms with Gasteiger partial charge in [0.15, 0.2) is 5.69 Å². The normalized spacial score (nSPS) is 10.2. The van der Waals surface area contributed by atoms with Gasteiger partial charge in [0.2, 0.25) is 0 Å². The van der Waals surface area contributed by atoms with Crippen LogP contribution in [0.1, 0.15) is 16.1 Å². The summed E-state index contributed by atoms with van der Waals surface area (Å²) < 4.78 is 8.95. The van der Waals surface area contributed by atoms with Gasteiger partial charge in [0.05, 0.1) is 19.8 Å².